The summed E-state index contributed by atoms with van der Waals surface area (Å²) in [6.45, 7) is 4.45. The van der Waals surface area contributed by atoms with Gasteiger partial charge in [-0.2, -0.15) is 5.26 Å². The monoisotopic (exact) mass is 275 g/mol. The number of benzene rings is 1. The molecule has 1 aromatic carbocycles. The number of hydrogen-bond acceptors (Lipinski definition) is 3. The van der Waals surface area contributed by atoms with Crippen molar-refractivity contribution >= 4 is 0 Å². The van der Waals surface area contributed by atoms with Crippen LogP contribution in [0.15, 0.2) is 24.3 Å². The Morgan fingerprint density at radius 2 is 1.80 bits per heavy atom. The van der Waals surface area contributed by atoms with Crippen LogP contribution in [0.2, 0.25) is 0 Å². The molecule has 0 unspecified atom stereocenters. The highest BCUT2D eigenvalue weighted by molar-refractivity contribution is 5.36. The predicted octanol–water partition coefficient (Wildman–Crippen LogP) is 4.31. The second-order valence-electron chi connectivity index (χ2n) is 4.87. The predicted molar refractivity (Wildman–Crippen MR) is 80.8 cm³/mol. The van der Waals surface area contributed by atoms with Crippen molar-refractivity contribution in [3.8, 4) is 11.8 Å². The van der Waals surface area contributed by atoms with Gasteiger partial charge in [0.25, 0.3) is 0 Å². The number of hydrogen-bond donors (Lipinski definition) is 0. The van der Waals surface area contributed by atoms with Gasteiger partial charge in [-0.15, -0.1) is 0 Å². The van der Waals surface area contributed by atoms with Crippen LogP contribution in [-0.4, -0.2) is 19.8 Å². The third kappa shape index (κ3) is 7.81. The maximum Gasteiger partial charge on any atom is 0.120 e. The molecule has 0 saturated carbocycles. The average molecular weight is 275 g/mol. The van der Waals surface area contributed by atoms with E-state index < -0.39 is 0 Å². The number of nitriles is 1. The fourth-order valence-electron chi connectivity index (χ4n) is 1.92. The molecule has 0 aliphatic carbocycles. The van der Waals surface area contributed by atoms with E-state index in [4.69, 9.17) is 14.7 Å². The number of unbranched alkanes of at least 4 members (excludes halogenated alkanes) is 4. The van der Waals surface area contributed by atoms with Crippen molar-refractivity contribution in [2.24, 2.45) is 0 Å². The molecule has 1 aromatic rings. The number of rotatable bonds is 11. The molecule has 1 rings (SSSR count). The van der Waals surface area contributed by atoms with Gasteiger partial charge in [-0.3, -0.25) is 0 Å². The molecule has 20 heavy (non-hydrogen) atoms. The second-order valence-corrected chi connectivity index (χ2v) is 4.87. The molecule has 0 fully saturated rings. The average Bonchev–Trinajstić information content (AvgIpc) is 2.49. The van der Waals surface area contributed by atoms with Gasteiger partial charge in [-0.05, 0) is 24.6 Å². The first-order chi connectivity index (χ1) is 9.86. The molecule has 110 valence electrons. The Morgan fingerprint density at radius 3 is 2.60 bits per heavy atom. The molecule has 0 aliphatic heterocycles. The Labute approximate surface area is 122 Å². The van der Waals surface area contributed by atoms with Crippen LogP contribution >= 0.6 is 0 Å². The van der Waals surface area contributed by atoms with Crippen molar-refractivity contribution in [2.75, 3.05) is 19.8 Å². The van der Waals surface area contributed by atoms with Crippen LogP contribution in [0.1, 0.15) is 51.0 Å². The van der Waals surface area contributed by atoms with Crippen molar-refractivity contribution in [3.05, 3.63) is 29.8 Å². The summed E-state index contributed by atoms with van der Waals surface area (Å²) in [7, 11) is 0. The van der Waals surface area contributed by atoms with Gasteiger partial charge < -0.3 is 9.47 Å². The highest BCUT2D eigenvalue weighted by atomic mass is 16.5. The van der Waals surface area contributed by atoms with Gasteiger partial charge >= 0.3 is 0 Å². The minimum atomic E-state index is 0.630. The molecular formula is C17H25NO2. The Kier molecular flexibility index (Phi) is 9.34. The van der Waals surface area contributed by atoms with Gasteiger partial charge in [0.15, 0.2) is 0 Å². The van der Waals surface area contributed by atoms with Gasteiger partial charge in [0, 0.05) is 19.6 Å². The molecule has 0 radical (unpaired) electrons. The van der Waals surface area contributed by atoms with E-state index in [0.717, 1.165) is 31.8 Å². The van der Waals surface area contributed by atoms with Crippen LogP contribution in [0.3, 0.4) is 0 Å². The van der Waals surface area contributed by atoms with E-state index in [9.17, 15) is 0 Å². The third-order valence-electron chi connectivity index (χ3n) is 3.06. The summed E-state index contributed by atoms with van der Waals surface area (Å²) in [6, 6.07) is 9.34. The zero-order valence-electron chi connectivity index (χ0n) is 12.4. The number of ether oxygens (including phenoxy) is 2. The molecule has 0 aromatic heterocycles. The van der Waals surface area contributed by atoms with E-state index in [1.165, 1.54) is 25.7 Å². The molecule has 0 bridgehead atoms. The smallest absolute Gasteiger partial charge is 0.120 e. The van der Waals surface area contributed by atoms with Crippen molar-refractivity contribution < 1.29 is 9.47 Å². The lowest BCUT2D eigenvalue weighted by atomic mass is 10.2. The van der Waals surface area contributed by atoms with Crippen molar-refractivity contribution in [2.45, 2.75) is 45.4 Å². The Bertz CT molecular complexity index is 398. The van der Waals surface area contributed by atoms with Crippen LogP contribution < -0.4 is 4.74 Å². The summed E-state index contributed by atoms with van der Waals surface area (Å²) in [5.41, 5.74) is 0.630. The van der Waals surface area contributed by atoms with E-state index in [1.54, 1.807) is 12.1 Å². The lowest BCUT2D eigenvalue weighted by molar-refractivity contribution is 0.116. The van der Waals surface area contributed by atoms with Crippen LogP contribution in [0, 0.1) is 11.3 Å². The lowest BCUT2D eigenvalue weighted by Gasteiger charge is -2.07. The van der Waals surface area contributed by atoms with E-state index in [-0.39, 0.29) is 0 Å². The lowest BCUT2D eigenvalue weighted by Crippen LogP contribution is -2.04. The van der Waals surface area contributed by atoms with Crippen molar-refractivity contribution in [1.29, 1.82) is 5.26 Å². The summed E-state index contributed by atoms with van der Waals surface area (Å²) >= 11 is 0. The van der Waals surface area contributed by atoms with Crippen molar-refractivity contribution in [1.82, 2.24) is 0 Å². The quantitative estimate of drug-likeness (QED) is 0.565. The molecule has 3 heteroatoms. The first-order valence-corrected chi connectivity index (χ1v) is 7.57. The Balaban J connectivity index is 1.95. The van der Waals surface area contributed by atoms with Crippen LogP contribution in [0.25, 0.3) is 0 Å². The van der Waals surface area contributed by atoms with Gasteiger partial charge in [0.05, 0.1) is 18.2 Å². The maximum absolute atomic E-state index is 8.78. The van der Waals surface area contributed by atoms with E-state index in [2.05, 4.69) is 13.0 Å². The van der Waals surface area contributed by atoms with Crippen LogP contribution in [-0.2, 0) is 4.74 Å². The van der Waals surface area contributed by atoms with E-state index in [0.29, 0.717) is 12.2 Å². The molecular weight excluding hydrogens is 250 g/mol. The zero-order chi connectivity index (χ0) is 14.5. The second kappa shape index (κ2) is 11.3. The highest BCUT2D eigenvalue weighted by Gasteiger charge is 1.96. The molecule has 0 N–H and O–H groups in total. The topological polar surface area (TPSA) is 42.2 Å². The summed E-state index contributed by atoms with van der Waals surface area (Å²) in [4.78, 5) is 0. The van der Waals surface area contributed by atoms with Gasteiger partial charge in [0.2, 0.25) is 0 Å². The Morgan fingerprint density at radius 1 is 1.00 bits per heavy atom. The minimum absolute atomic E-state index is 0.630. The number of nitrogens with zero attached hydrogens (tertiary/aromatic N) is 1. The first-order valence-electron chi connectivity index (χ1n) is 7.57. The third-order valence-corrected chi connectivity index (χ3v) is 3.06. The fraction of sp³-hybridized carbons (Fsp3) is 0.588. The summed E-state index contributed by atoms with van der Waals surface area (Å²) in [5, 5.41) is 8.78. The zero-order valence-corrected chi connectivity index (χ0v) is 12.4. The van der Waals surface area contributed by atoms with Gasteiger partial charge in [0.1, 0.15) is 5.75 Å². The van der Waals surface area contributed by atoms with Gasteiger partial charge in [-0.1, -0.05) is 38.7 Å². The molecule has 0 aliphatic rings. The van der Waals surface area contributed by atoms with E-state index >= 15 is 0 Å². The Hall–Kier alpha value is -1.53. The molecule has 0 spiro atoms. The standard InChI is InChI=1S/C17H25NO2/c1-2-3-4-5-6-11-19-12-8-13-20-17-10-7-9-16(14-17)15-18/h7,9-10,14H,2-6,8,11-13H2,1H3. The summed E-state index contributed by atoms with van der Waals surface area (Å²) in [5.74, 6) is 0.753. The normalized spacial score (nSPS) is 10.2. The molecule has 0 atom stereocenters. The molecule has 0 saturated heterocycles. The van der Waals surface area contributed by atoms with Gasteiger partial charge in [-0.25, -0.2) is 0 Å². The molecule has 0 heterocycles. The minimum Gasteiger partial charge on any atom is -0.493 e. The SMILES string of the molecule is CCCCCCCOCCCOc1cccc(C#N)c1. The fourth-order valence-corrected chi connectivity index (χ4v) is 1.92. The molecule has 3 nitrogen and oxygen atoms in total. The summed E-state index contributed by atoms with van der Waals surface area (Å²) in [6.07, 6.45) is 7.24. The summed E-state index contributed by atoms with van der Waals surface area (Å²) < 4.78 is 11.1. The first kappa shape index (κ1) is 16.5. The van der Waals surface area contributed by atoms with Crippen molar-refractivity contribution in [3.63, 3.8) is 0 Å². The highest BCUT2D eigenvalue weighted by Crippen LogP contribution is 2.12. The van der Waals surface area contributed by atoms with Crippen LogP contribution in [0.5, 0.6) is 5.75 Å². The maximum atomic E-state index is 8.78. The molecule has 0 amide bonds. The van der Waals surface area contributed by atoms with E-state index in [1.807, 2.05) is 12.1 Å². The van der Waals surface area contributed by atoms with Crippen LogP contribution in [0.4, 0.5) is 0 Å². The largest absolute Gasteiger partial charge is 0.493 e.